The Labute approximate surface area is 131 Å². The molecule has 0 saturated carbocycles. The lowest BCUT2D eigenvalue weighted by molar-refractivity contribution is -0.0490. The van der Waals surface area contributed by atoms with E-state index in [9.17, 15) is 8.78 Å². The number of rotatable bonds is 1. The molecular weight excluding hydrogens is 316 g/mol. The standard InChI is InChI=1S/C13H16ClF2N5O/c1-12(2)10-17-7-8(20-5-13(15,16)6-20)18-11(14)19-9(7)21(10)3-4-22-12/h10,17H,3-6H2,1-2H3. The highest BCUT2D eigenvalue weighted by molar-refractivity contribution is 6.28. The van der Waals surface area contributed by atoms with Gasteiger partial charge in [-0.05, 0) is 25.4 Å². The SMILES string of the molecule is CC1(C)OCCN2c3nc(Cl)nc(N4CC(F)(F)C4)c3NC21. The maximum atomic E-state index is 13.2. The molecule has 6 nitrogen and oxygen atoms in total. The van der Waals surface area contributed by atoms with Crippen molar-refractivity contribution >= 4 is 28.9 Å². The van der Waals surface area contributed by atoms with Crippen molar-refractivity contribution < 1.29 is 13.5 Å². The molecule has 0 spiro atoms. The van der Waals surface area contributed by atoms with Gasteiger partial charge in [-0.2, -0.15) is 9.97 Å². The molecule has 4 rings (SSSR count). The van der Waals surface area contributed by atoms with Crippen molar-refractivity contribution in [2.24, 2.45) is 0 Å². The molecule has 2 fully saturated rings. The summed E-state index contributed by atoms with van der Waals surface area (Å²) in [6, 6.07) is 0. The molecule has 9 heteroatoms. The Morgan fingerprint density at radius 3 is 2.64 bits per heavy atom. The number of ether oxygens (including phenoxy) is 1. The summed E-state index contributed by atoms with van der Waals surface area (Å²) in [5, 5.41) is 3.40. The van der Waals surface area contributed by atoms with Crippen LogP contribution in [0.1, 0.15) is 13.8 Å². The molecular formula is C13H16ClF2N5O. The minimum atomic E-state index is -2.67. The van der Waals surface area contributed by atoms with Crippen LogP contribution in [0.4, 0.5) is 26.1 Å². The fraction of sp³-hybridized carbons (Fsp3) is 0.692. The Morgan fingerprint density at radius 2 is 1.95 bits per heavy atom. The van der Waals surface area contributed by atoms with Crippen molar-refractivity contribution in [2.45, 2.75) is 31.5 Å². The number of nitrogens with one attached hydrogen (secondary N) is 1. The molecule has 1 atom stereocenters. The van der Waals surface area contributed by atoms with Crippen LogP contribution < -0.4 is 15.1 Å². The first kappa shape index (κ1) is 14.2. The first-order valence-electron chi connectivity index (χ1n) is 7.14. The van der Waals surface area contributed by atoms with E-state index in [2.05, 4.69) is 20.2 Å². The van der Waals surface area contributed by atoms with Crippen LogP contribution >= 0.6 is 11.6 Å². The van der Waals surface area contributed by atoms with Gasteiger partial charge in [0.2, 0.25) is 5.28 Å². The molecule has 3 aliphatic heterocycles. The van der Waals surface area contributed by atoms with E-state index in [-0.39, 0.29) is 24.5 Å². The van der Waals surface area contributed by atoms with E-state index in [4.69, 9.17) is 16.3 Å². The molecule has 1 N–H and O–H groups in total. The first-order chi connectivity index (χ1) is 10.3. The second kappa shape index (κ2) is 4.32. The average Bonchev–Trinajstić information content (AvgIpc) is 2.75. The van der Waals surface area contributed by atoms with Gasteiger partial charge in [0.1, 0.15) is 17.5 Å². The van der Waals surface area contributed by atoms with Crippen LogP contribution in [0, 0.1) is 0 Å². The van der Waals surface area contributed by atoms with Crippen LogP contribution in [0.5, 0.6) is 0 Å². The summed E-state index contributed by atoms with van der Waals surface area (Å²) in [5.41, 5.74) is 0.227. The highest BCUT2D eigenvalue weighted by Gasteiger charge is 2.49. The Bertz CT molecular complexity index is 633. The lowest BCUT2D eigenvalue weighted by atomic mass is 10.0. The molecule has 0 aliphatic carbocycles. The zero-order valence-electron chi connectivity index (χ0n) is 12.2. The Hall–Kier alpha value is -1.41. The van der Waals surface area contributed by atoms with E-state index >= 15 is 0 Å². The summed E-state index contributed by atoms with van der Waals surface area (Å²) in [4.78, 5) is 12.0. The molecule has 3 aliphatic rings. The maximum Gasteiger partial charge on any atom is 0.282 e. The number of anilines is 3. The summed E-state index contributed by atoms with van der Waals surface area (Å²) in [6.07, 6.45) is -0.121. The van der Waals surface area contributed by atoms with E-state index in [1.165, 1.54) is 4.90 Å². The molecule has 1 aromatic rings. The first-order valence-corrected chi connectivity index (χ1v) is 7.52. The molecule has 0 radical (unpaired) electrons. The number of alkyl halides is 2. The summed E-state index contributed by atoms with van der Waals surface area (Å²) < 4.78 is 32.1. The zero-order chi connectivity index (χ0) is 15.7. The number of aromatic nitrogens is 2. The van der Waals surface area contributed by atoms with Gasteiger partial charge in [-0.1, -0.05) is 0 Å². The number of hydrogen-bond donors (Lipinski definition) is 1. The summed E-state index contributed by atoms with van der Waals surface area (Å²) in [7, 11) is 0. The third kappa shape index (κ3) is 2.00. The lowest BCUT2D eigenvalue weighted by Crippen LogP contribution is -2.58. The van der Waals surface area contributed by atoms with Gasteiger partial charge in [-0.3, -0.25) is 0 Å². The topological polar surface area (TPSA) is 53.5 Å². The molecule has 2 saturated heterocycles. The van der Waals surface area contributed by atoms with E-state index < -0.39 is 11.5 Å². The van der Waals surface area contributed by atoms with Crippen molar-refractivity contribution in [1.82, 2.24) is 9.97 Å². The summed E-state index contributed by atoms with van der Waals surface area (Å²) in [5.74, 6) is -1.57. The van der Waals surface area contributed by atoms with E-state index in [0.717, 1.165) is 0 Å². The zero-order valence-corrected chi connectivity index (χ0v) is 13.0. The van der Waals surface area contributed by atoms with E-state index in [0.29, 0.717) is 30.5 Å². The Morgan fingerprint density at radius 1 is 1.27 bits per heavy atom. The summed E-state index contributed by atoms with van der Waals surface area (Å²) >= 11 is 6.00. The van der Waals surface area contributed by atoms with Gasteiger partial charge in [0.15, 0.2) is 11.6 Å². The minimum absolute atomic E-state index is 0.0655. The quantitative estimate of drug-likeness (QED) is 0.794. The van der Waals surface area contributed by atoms with Gasteiger partial charge in [0.05, 0.1) is 19.7 Å². The van der Waals surface area contributed by atoms with Crippen molar-refractivity contribution in [2.75, 3.05) is 41.4 Å². The number of fused-ring (bicyclic) bond motifs is 3. The maximum absolute atomic E-state index is 13.2. The molecule has 0 amide bonds. The predicted molar refractivity (Wildman–Crippen MR) is 79.0 cm³/mol. The van der Waals surface area contributed by atoms with Gasteiger partial charge in [-0.25, -0.2) is 8.78 Å². The van der Waals surface area contributed by atoms with Crippen molar-refractivity contribution in [3.8, 4) is 0 Å². The predicted octanol–water partition coefficient (Wildman–Crippen LogP) is 1.95. The van der Waals surface area contributed by atoms with Crippen molar-refractivity contribution in [3.05, 3.63) is 5.28 Å². The van der Waals surface area contributed by atoms with E-state index in [1.54, 1.807) is 0 Å². The number of nitrogens with zero attached hydrogens (tertiary/aromatic N) is 4. The fourth-order valence-corrected chi connectivity index (χ4v) is 3.41. The average molecular weight is 332 g/mol. The summed E-state index contributed by atoms with van der Waals surface area (Å²) in [6.45, 7) is 4.50. The Kier molecular flexibility index (Phi) is 2.79. The largest absolute Gasteiger partial charge is 0.370 e. The van der Waals surface area contributed by atoms with Crippen molar-refractivity contribution in [1.29, 1.82) is 0 Å². The van der Waals surface area contributed by atoms with Crippen LogP contribution in [0.3, 0.4) is 0 Å². The number of hydrogen-bond acceptors (Lipinski definition) is 6. The molecule has 0 bridgehead atoms. The van der Waals surface area contributed by atoms with Gasteiger partial charge in [0, 0.05) is 6.54 Å². The van der Waals surface area contributed by atoms with Gasteiger partial charge in [0.25, 0.3) is 5.92 Å². The van der Waals surface area contributed by atoms with E-state index in [1.807, 2.05) is 13.8 Å². The Balaban J connectivity index is 1.74. The van der Waals surface area contributed by atoms with Crippen LogP contribution in [0.25, 0.3) is 0 Å². The van der Waals surface area contributed by atoms with Crippen LogP contribution in [-0.2, 0) is 4.74 Å². The van der Waals surface area contributed by atoms with Crippen LogP contribution in [0.2, 0.25) is 5.28 Å². The molecule has 120 valence electrons. The van der Waals surface area contributed by atoms with Crippen LogP contribution in [0.15, 0.2) is 0 Å². The third-order valence-electron chi connectivity index (χ3n) is 4.32. The second-order valence-electron chi connectivity index (χ2n) is 6.42. The second-order valence-corrected chi connectivity index (χ2v) is 6.76. The highest BCUT2D eigenvalue weighted by Crippen LogP contribution is 2.46. The smallest absolute Gasteiger partial charge is 0.282 e. The minimum Gasteiger partial charge on any atom is -0.370 e. The number of morpholine rings is 1. The van der Waals surface area contributed by atoms with Gasteiger partial charge >= 0.3 is 0 Å². The molecule has 4 heterocycles. The monoisotopic (exact) mass is 331 g/mol. The fourth-order valence-electron chi connectivity index (χ4n) is 3.25. The molecule has 0 aromatic carbocycles. The van der Waals surface area contributed by atoms with Crippen molar-refractivity contribution in [3.63, 3.8) is 0 Å². The lowest BCUT2D eigenvalue weighted by Gasteiger charge is -2.42. The molecule has 1 unspecified atom stereocenters. The third-order valence-corrected chi connectivity index (χ3v) is 4.49. The number of halogens is 3. The highest BCUT2D eigenvalue weighted by atomic mass is 35.5. The normalized spacial score (nSPS) is 27.8. The molecule has 22 heavy (non-hydrogen) atoms. The van der Waals surface area contributed by atoms with Crippen LogP contribution in [-0.4, -0.2) is 53.9 Å². The van der Waals surface area contributed by atoms with Gasteiger partial charge < -0.3 is 19.9 Å². The molecule has 1 aromatic heterocycles. The van der Waals surface area contributed by atoms with Gasteiger partial charge in [-0.15, -0.1) is 0 Å².